The predicted octanol–water partition coefficient (Wildman–Crippen LogP) is 1.67. The molecule has 5 heteroatoms. The van der Waals surface area contributed by atoms with Gasteiger partial charge < -0.3 is 14.6 Å². The summed E-state index contributed by atoms with van der Waals surface area (Å²) in [5.74, 6) is 0.0361. The number of hydrogen-bond acceptors (Lipinski definition) is 4. The SMILES string of the molecule is CC(=CCOc1ccc2c(c1)OCC2=O)C(=O)O. The quantitative estimate of drug-likeness (QED) is 0.820. The van der Waals surface area contributed by atoms with Gasteiger partial charge in [-0.2, -0.15) is 0 Å². The highest BCUT2D eigenvalue weighted by Crippen LogP contribution is 2.29. The molecule has 0 spiro atoms. The van der Waals surface area contributed by atoms with Crippen LogP contribution in [0.4, 0.5) is 0 Å². The van der Waals surface area contributed by atoms with Gasteiger partial charge in [0.25, 0.3) is 0 Å². The Labute approximate surface area is 104 Å². The number of rotatable bonds is 4. The third-order valence-electron chi connectivity index (χ3n) is 2.59. The van der Waals surface area contributed by atoms with E-state index in [4.69, 9.17) is 14.6 Å². The van der Waals surface area contributed by atoms with E-state index in [2.05, 4.69) is 0 Å². The van der Waals surface area contributed by atoms with Gasteiger partial charge in [-0.25, -0.2) is 4.79 Å². The summed E-state index contributed by atoms with van der Waals surface area (Å²) < 4.78 is 10.5. The normalized spacial score (nSPS) is 14.1. The number of carboxylic acids is 1. The molecule has 0 bridgehead atoms. The molecule has 0 saturated heterocycles. The lowest BCUT2D eigenvalue weighted by Gasteiger charge is -2.05. The lowest BCUT2D eigenvalue weighted by molar-refractivity contribution is -0.132. The van der Waals surface area contributed by atoms with E-state index in [0.29, 0.717) is 17.1 Å². The monoisotopic (exact) mass is 248 g/mol. The highest BCUT2D eigenvalue weighted by atomic mass is 16.5. The van der Waals surface area contributed by atoms with E-state index in [0.717, 1.165) is 0 Å². The number of carbonyl (C=O) groups excluding carboxylic acids is 1. The topological polar surface area (TPSA) is 72.8 Å². The van der Waals surface area contributed by atoms with Crippen LogP contribution in [0.25, 0.3) is 0 Å². The van der Waals surface area contributed by atoms with Crippen molar-refractivity contribution in [2.75, 3.05) is 13.2 Å². The Balaban J connectivity index is 2.02. The second-order valence-electron chi connectivity index (χ2n) is 3.87. The van der Waals surface area contributed by atoms with Crippen LogP contribution in [-0.2, 0) is 4.79 Å². The van der Waals surface area contributed by atoms with Crippen LogP contribution in [0.5, 0.6) is 11.5 Å². The van der Waals surface area contributed by atoms with Crippen molar-refractivity contribution in [3.05, 3.63) is 35.4 Å². The smallest absolute Gasteiger partial charge is 0.331 e. The highest BCUT2D eigenvalue weighted by Gasteiger charge is 2.21. The number of fused-ring (bicyclic) bond motifs is 1. The lowest BCUT2D eigenvalue weighted by atomic mass is 10.1. The molecule has 1 aliphatic rings. The number of ether oxygens (including phenoxy) is 2. The summed E-state index contributed by atoms with van der Waals surface area (Å²) in [4.78, 5) is 21.9. The minimum Gasteiger partial charge on any atom is -0.489 e. The Bertz CT molecular complexity index is 530. The summed E-state index contributed by atoms with van der Waals surface area (Å²) >= 11 is 0. The van der Waals surface area contributed by atoms with Gasteiger partial charge in [0, 0.05) is 11.6 Å². The molecule has 5 nitrogen and oxygen atoms in total. The molecular weight excluding hydrogens is 236 g/mol. The molecular formula is C13H12O5. The maximum Gasteiger partial charge on any atom is 0.331 e. The third-order valence-corrected chi connectivity index (χ3v) is 2.59. The van der Waals surface area contributed by atoms with Crippen molar-refractivity contribution in [3.8, 4) is 11.5 Å². The molecule has 1 aromatic carbocycles. The third kappa shape index (κ3) is 2.51. The van der Waals surface area contributed by atoms with Crippen LogP contribution >= 0.6 is 0 Å². The van der Waals surface area contributed by atoms with Crippen molar-refractivity contribution in [1.29, 1.82) is 0 Å². The van der Waals surface area contributed by atoms with Crippen molar-refractivity contribution in [3.63, 3.8) is 0 Å². The van der Waals surface area contributed by atoms with Crippen molar-refractivity contribution >= 4 is 11.8 Å². The molecule has 0 atom stereocenters. The summed E-state index contributed by atoms with van der Waals surface area (Å²) in [6.45, 7) is 1.72. The van der Waals surface area contributed by atoms with Crippen LogP contribution in [0.1, 0.15) is 17.3 Å². The molecule has 0 saturated carbocycles. The summed E-state index contributed by atoms with van der Waals surface area (Å²) in [6.07, 6.45) is 1.47. The van der Waals surface area contributed by atoms with Crippen molar-refractivity contribution in [2.45, 2.75) is 6.92 Å². The van der Waals surface area contributed by atoms with E-state index in [1.165, 1.54) is 13.0 Å². The largest absolute Gasteiger partial charge is 0.489 e. The number of hydrogen-bond donors (Lipinski definition) is 1. The second-order valence-corrected chi connectivity index (χ2v) is 3.87. The molecule has 1 aliphatic heterocycles. The van der Waals surface area contributed by atoms with E-state index in [-0.39, 0.29) is 24.6 Å². The Morgan fingerprint density at radius 1 is 1.56 bits per heavy atom. The average molecular weight is 248 g/mol. The standard InChI is InChI=1S/C13H12O5/c1-8(13(15)16)4-5-17-9-2-3-10-11(14)7-18-12(10)6-9/h2-4,6H,5,7H2,1H3,(H,15,16). The Morgan fingerprint density at radius 2 is 2.33 bits per heavy atom. The van der Waals surface area contributed by atoms with E-state index < -0.39 is 5.97 Å². The minimum absolute atomic E-state index is 0.0434. The van der Waals surface area contributed by atoms with Crippen LogP contribution in [0.3, 0.4) is 0 Å². The predicted molar refractivity (Wildman–Crippen MR) is 63.2 cm³/mol. The maximum absolute atomic E-state index is 11.3. The van der Waals surface area contributed by atoms with Crippen LogP contribution in [0.2, 0.25) is 0 Å². The molecule has 0 aliphatic carbocycles. The van der Waals surface area contributed by atoms with Gasteiger partial charge in [0.15, 0.2) is 6.61 Å². The van der Waals surface area contributed by atoms with Gasteiger partial charge in [0.2, 0.25) is 5.78 Å². The van der Waals surface area contributed by atoms with Gasteiger partial charge in [0.1, 0.15) is 18.1 Å². The number of carbonyl (C=O) groups is 2. The summed E-state index contributed by atoms with van der Waals surface area (Å²) in [5.41, 5.74) is 0.780. The number of Topliss-reactive ketones (excluding diaryl/α,β-unsaturated/α-hetero) is 1. The fourth-order valence-electron chi connectivity index (χ4n) is 1.51. The molecule has 0 amide bonds. The zero-order chi connectivity index (χ0) is 13.1. The molecule has 2 rings (SSSR count). The fourth-order valence-corrected chi connectivity index (χ4v) is 1.51. The van der Waals surface area contributed by atoms with Gasteiger partial charge in [-0.05, 0) is 25.1 Å². The Kier molecular flexibility index (Phi) is 3.32. The first kappa shape index (κ1) is 12.2. The van der Waals surface area contributed by atoms with Crippen LogP contribution in [0.15, 0.2) is 29.8 Å². The van der Waals surface area contributed by atoms with E-state index in [1.807, 2.05) is 0 Å². The van der Waals surface area contributed by atoms with E-state index in [1.54, 1.807) is 18.2 Å². The second kappa shape index (κ2) is 4.91. The van der Waals surface area contributed by atoms with Crippen LogP contribution in [0, 0.1) is 0 Å². The van der Waals surface area contributed by atoms with Crippen molar-refractivity contribution in [1.82, 2.24) is 0 Å². The molecule has 1 heterocycles. The molecule has 1 N–H and O–H groups in total. The van der Waals surface area contributed by atoms with Gasteiger partial charge in [-0.3, -0.25) is 4.79 Å². The Hall–Kier alpha value is -2.30. The van der Waals surface area contributed by atoms with Gasteiger partial charge in [-0.1, -0.05) is 0 Å². The van der Waals surface area contributed by atoms with Gasteiger partial charge >= 0.3 is 5.97 Å². The molecule has 0 radical (unpaired) electrons. The fraction of sp³-hybridized carbons (Fsp3) is 0.231. The van der Waals surface area contributed by atoms with Crippen LogP contribution < -0.4 is 9.47 Å². The highest BCUT2D eigenvalue weighted by molar-refractivity contribution is 6.02. The summed E-state index contributed by atoms with van der Waals surface area (Å²) in [6, 6.07) is 4.94. The molecule has 1 aromatic rings. The number of benzene rings is 1. The zero-order valence-electron chi connectivity index (χ0n) is 9.80. The van der Waals surface area contributed by atoms with Gasteiger partial charge in [-0.15, -0.1) is 0 Å². The lowest BCUT2D eigenvalue weighted by Crippen LogP contribution is -2.00. The summed E-state index contributed by atoms with van der Waals surface area (Å²) in [5, 5.41) is 8.65. The zero-order valence-corrected chi connectivity index (χ0v) is 9.80. The van der Waals surface area contributed by atoms with E-state index >= 15 is 0 Å². The maximum atomic E-state index is 11.3. The first-order valence-corrected chi connectivity index (χ1v) is 5.41. The van der Waals surface area contributed by atoms with Crippen molar-refractivity contribution in [2.24, 2.45) is 0 Å². The molecule has 0 fully saturated rings. The minimum atomic E-state index is -0.971. The molecule has 0 aromatic heterocycles. The first-order valence-electron chi connectivity index (χ1n) is 5.41. The molecule has 18 heavy (non-hydrogen) atoms. The first-order chi connectivity index (χ1) is 8.58. The average Bonchev–Trinajstić information content (AvgIpc) is 2.70. The number of carboxylic acid groups (broad SMARTS) is 1. The van der Waals surface area contributed by atoms with Crippen LogP contribution in [-0.4, -0.2) is 30.1 Å². The number of aliphatic carboxylic acids is 1. The number of ketones is 1. The molecule has 94 valence electrons. The Morgan fingerprint density at radius 3 is 3.06 bits per heavy atom. The van der Waals surface area contributed by atoms with E-state index in [9.17, 15) is 9.59 Å². The van der Waals surface area contributed by atoms with Crippen molar-refractivity contribution < 1.29 is 24.2 Å². The summed E-state index contributed by atoms with van der Waals surface area (Å²) in [7, 11) is 0. The molecule has 0 unspecified atom stereocenters. The van der Waals surface area contributed by atoms with Gasteiger partial charge in [0.05, 0.1) is 5.56 Å².